The predicted molar refractivity (Wildman–Crippen MR) is 64.7 cm³/mol. The van der Waals surface area contributed by atoms with E-state index in [1.807, 2.05) is 37.4 Å². The summed E-state index contributed by atoms with van der Waals surface area (Å²) in [5.41, 5.74) is 0.995. The van der Waals surface area contributed by atoms with E-state index in [4.69, 9.17) is 0 Å². The molecule has 2 rings (SSSR count). The lowest BCUT2D eigenvalue weighted by molar-refractivity contribution is 1.16. The molecule has 0 spiro atoms. The molecule has 0 radical (unpaired) electrons. The molecule has 4 heteroatoms. The van der Waals surface area contributed by atoms with Crippen LogP contribution in [-0.2, 0) is 0 Å². The second-order valence-corrected chi connectivity index (χ2v) is 3.85. The van der Waals surface area contributed by atoms with Crippen LogP contribution >= 0.6 is 15.9 Å². The number of halogens is 1. The van der Waals surface area contributed by atoms with Gasteiger partial charge >= 0.3 is 0 Å². The molecule has 1 heterocycles. The molecule has 1 aromatic heterocycles. The summed E-state index contributed by atoms with van der Waals surface area (Å²) in [6.07, 6.45) is 1.74. The van der Waals surface area contributed by atoms with Gasteiger partial charge in [-0.15, -0.1) is 0 Å². The zero-order chi connectivity index (χ0) is 10.7. The zero-order valence-corrected chi connectivity index (χ0v) is 9.82. The second kappa shape index (κ2) is 4.40. The molecular formula is C11H10BrN3. The average Bonchev–Trinajstić information content (AvgIpc) is 2.30. The van der Waals surface area contributed by atoms with Crippen LogP contribution in [0.1, 0.15) is 0 Å². The topological polar surface area (TPSA) is 37.8 Å². The molecule has 3 nitrogen and oxygen atoms in total. The molecule has 0 aliphatic carbocycles. The fourth-order valence-electron chi connectivity index (χ4n) is 1.27. The van der Waals surface area contributed by atoms with Gasteiger partial charge in [-0.2, -0.15) is 0 Å². The Kier molecular flexibility index (Phi) is 2.97. The number of benzene rings is 1. The Morgan fingerprint density at radius 3 is 2.73 bits per heavy atom. The van der Waals surface area contributed by atoms with E-state index >= 15 is 0 Å². The van der Waals surface area contributed by atoms with Gasteiger partial charge < -0.3 is 5.32 Å². The maximum Gasteiger partial charge on any atom is 0.162 e. The van der Waals surface area contributed by atoms with Crippen molar-refractivity contribution in [1.82, 2.24) is 9.97 Å². The van der Waals surface area contributed by atoms with E-state index in [0.717, 1.165) is 15.9 Å². The Morgan fingerprint density at radius 2 is 2.00 bits per heavy atom. The first-order chi connectivity index (χ1) is 7.31. The van der Waals surface area contributed by atoms with E-state index in [-0.39, 0.29) is 0 Å². The monoisotopic (exact) mass is 263 g/mol. The minimum absolute atomic E-state index is 0.717. The van der Waals surface area contributed by atoms with Gasteiger partial charge in [0.15, 0.2) is 5.82 Å². The Balaban J connectivity index is 2.49. The highest BCUT2D eigenvalue weighted by Crippen LogP contribution is 2.25. The van der Waals surface area contributed by atoms with Gasteiger partial charge in [0, 0.05) is 23.3 Å². The summed E-state index contributed by atoms with van der Waals surface area (Å²) >= 11 is 3.48. The van der Waals surface area contributed by atoms with Crippen molar-refractivity contribution in [2.45, 2.75) is 0 Å². The van der Waals surface area contributed by atoms with E-state index in [0.29, 0.717) is 5.82 Å². The summed E-state index contributed by atoms with van der Waals surface area (Å²) in [6, 6.07) is 9.73. The van der Waals surface area contributed by atoms with Crippen LogP contribution < -0.4 is 5.32 Å². The SMILES string of the molecule is CNc1ccnc(-c2ccccc2Br)n1. The Hall–Kier alpha value is -1.42. The van der Waals surface area contributed by atoms with Gasteiger partial charge in [-0.1, -0.05) is 34.1 Å². The van der Waals surface area contributed by atoms with Crippen LogP contribution in [-0.4, -0.2) is 17.0 Å². The lowest BCUT2D eigenvalue weighted by atomic mass is 10.2. The maximum atomic E-state index is 4.37. The molecule has 0 saturated heterocycles. The molecule has 1 N–H and O–H groups in total. The highest BCUT2D eigenvalue weighted by Gasteiger charge is 2.04. The van der Waals surface area contributed by atoms with Crippen LogP contribution in [0.2, 0.25) is 0 Å². The first-order valence-electron chi connectivity index (χ1n) is 4.57. The van der Waals surface area contributed by atoms with E-state index in [1.54, 1.807) is 6.20 Å². The second-order valence-electron chi connectivity index (χ2n) is 3.00. The number of nitrogens with one attached hydrogen (secondary N) is 1. The molecule has 0 aliphatic rings. The van der Waals surface area contributed by atoms with Crippen molar-refractivity contribution in [1.29, 1.82) is 0 Å². The largest absolute Gasteiger partial charge is 0.373 e. The first-order valence-corrected chi connectivity index (χ1v) is 5.36. The Bertz CT molecular complexity index is 471. The Labute approximate surface area is 96.7 Å². The third-order valence-corrected chi connectivity index (χ3v) is 2.72. The van der Waals surface area contributed by atoms with Crippen molar-refractivity contribution in [2.75, 3.05) is 12.4 Å². The molecule has 0 aliphatic heterocycles. The average molecular weight is 264 g/mol. The van der Waals surface area contributed by atoms with E-state index < -0.39 is 0 Å². The molecule has 0 fully saturated rings. The molecule has 0 amide bonds. The normalized spacial score (nSPS) is 10.0. The van der Waals surface area contributed by atoms with Gasteiger partial charge in [-0.3, -0.25) is 0 Å². The van der Waals surface area contributed by atoms with Gasteiger partial charge in [0.05, 0.1) is 0 Å². The van der Waals surface area contributed by atoms with Crippen LogP contribution in [0.15, 0.2) is 41.0 Å². The molecule has 15 heavy (non-hydrogen) atoms. The number of hydrogen-bond donors (Lipinski definition) is 1. The summed E-state index contributed by atoms with van der Waals surface area (Å²) in [5, 5.41) is 2.99. The van der Waals surface area contributed by atoms with Crippen molar-refractivity contribution < 1.29 is 0 Å². The van der Waals surface area contributed by atoms with Gasteiger partial charge in [-0.25, -0.2) is 9.97 Å². The van der Waals surface area contributed by atoms with E-state index in [2.05, 4.69) is 31.2 Å². The van der Waals surface area contributed by atoms with Crippen molar-refractivity contribution in [3.8, 4) is 11.4 Å². The molecule has 0 atom stereocenters. The van der Waals surface area contributed by atoms with Gasteiger partial charge in [-0.05, 0) is 12.1 Å². The minimum atomic E-state index is 0.717. The van der Waals surface area contributed by atoms with Gasteiger partial charge in [0.25, 0.3) is 0 Å². The lowest BCUT2D eigenvalue weighted by Gasteiger charge is -2.04. The van der Waals surface area contributed by atoms with Crippen LogP contribution in [0.25, 0.3) is 11.4 Å². The Morgan fingerprint density at radius 1 is 1.20 bits per heavy atom. The molecular weight excluding hydrogens is 254 g/mol. The van der Waals surface area contributed by atoms with Crippen LogP contribution in [0.5, 0.6) is 0 Å². The molecule has 76 valence electrons. The van der Waals surface area contributed by atoms with Crippen molar-refractivity contribution in [3.63, 3.8) is 0 Å². The third-order valence-electron chi connectivity index (χ3n) is 2.03. The summed E-state index contributed by atoms with van der Waals surface area (Å²) in [5.74, 6) is 1.53. The van der Waals surface area contributed by atoms with Crippen LogP contribution in [0.4, 0.5) is 5.82 Å². The molecule has 0 unspecified atom stereocenters. The number of anilines is 1. The van der Waals surface area contributed by atoms with Gasteiger partial charge in [0.2, 0.25) is 0 Å². The standard InChI is InChI=1S/C11H10BrN3/c1-13-10-6-7-14-11(15-10)8-4-2-3-5-9(8)12/h2-7H,1H3,(H,13,14,15). The molecule has 1 aromatic carbocycles. The van der Waals surface area contributed by atoms with E-state index in [1.165, 1.54) is 0 Å². The van der Waals surface area contributed by atoms with Gasteiger partial charge in [0.1, 0.15) is 5.82 Å². The van der Waals surface area contributed by atoms with E-state index in [9.17, 15) is 0 Å². The predicted octanol–water partition coefficient (Wildman–Crippen LogP) is 2.95. The van der Waals surface area contributed by atoms with Crippen LogP contribution in [0.3, 0.4) is 0 Å². The summed E-state index contributed by atoms with van der Waals surface area (Å²) in [6.45, 7) is 0. The summed E-state index contributed by atoms with van der Waals surface area (Å²) in [7, 11) is 1.84. The smallest absolute Gasteiger partial charge is 0.162 e. The third kappa shape index (κ3) is 2.15. The molecule has 0 bridgehead atoms. The summed E-state index contributed by atoms with van der Waals surface area (Å²) < 4.78 is 0.998. The van der Waals surface area contributed by atoms with Crippen molar-refractivity contribution in [2.24, 2.45) is 0 Å². The summed E-state index contributed by atoms with van der Waals surface area (Å²) in [4.78, 5) is 8.61. The zero-order valence-electron chi connectivity index (χ0n) is 8.24. The number of nitrogens with zero attached hydrogens (tertiary/aromatic N) is 2. The van der Waals surface area contributed by atoms with Crippen LogP contribution in [0, 0.1) is 0 Å². The minimum Gasteiger partial charge on any atom is -0.373 e. The highest BCUT2D eigenvalue weighted by atomic mass is 79.9. The number of aromatic nitrogens is 2. The fourth-order valence-corrected chi connectivity index (χ4v) is 1.73. The fraction of sp³-hybridized carbons (Fsp3) is 0.0909. The highest BCUT2D eigenvalue weighted by molar-refractivity contribution is 9.10. The number of rotatable bonds is 2. The lowest BCUT2D eigenvalue weighted by Crippen LogP contribution is -1.95. The van der Waals surface area contributed by atoms with Crippen molar-refractivity contribution in [3.05, 3.63) is 41.0 Å². The maximum absolute atomic E-state index is 4.37. The quantitative estimate of drug-likeness (QED) is 0.906. The number of hydrogen-bond acceptors (Lipinski definition) is 3. The molecule has 2 aromatic rings. The van der Waals surface area contributed by atoms with Crippen molar-refractivity contribution >= 4 is 21.7 Å². The molecule has 0 saturated carbocycles. The first kappa shape index (κ1) is 10.1.